The molecule has 0 aliphatic carbocycles. The quantitative estimate of drug-likeness (QED) is 0.859. The van der Waals surface area contributed by atoms with E-state index >= 15 is 0 Å². The van der Waals surface area contributed by atoms with Crippen molar-refractivity contribution in [3.8, 4) is 0 Å². The minimum Gasteiger partial charge on any atom is -0.378 e. The number of hydrogen-bond acceptors (Lipinski definition) is 5. The highest BCUT2D eigenvalue weighted by Crippen LogP contribution is 2.16. The minimum absolute atomic E-state index is 0.336. The van der Waals surface area contributed by atoms with Crippen molar-refractivity contribution in [3.05, 3.63) is 23.5 Å². The fourth-order valence-electron chi connectivity index (χ4n) is 1.74. The molecule has 0 atom stereocenters. The first-order valence-electron chi connectivity index (χ1n) is 6.60. The molecule has 2 rings (SSSR count). The zero-order valence-corrected chi connectivity index (χ0v) is 13.1. The molecule has 21 heavy (non-hydrogen) atoms. The van der Waals surface area contributed by atoms with E-state index in [1.165, 1.54) is 11.3 Å². The van der Waals surface area contributed by atoms with E-state index in [9.17, 15) is 4.79 Å². The molecule has 0 aliphatic heterocycles. The van der Waals surface area contributed by atoms with Crippen LogP contribution in [0.1, 0.15) is 19.5 Å². The second-order valence-electron chi connectivity index (χ2n) is 5.00. The molecule has 0 bridgehead atoms. The van der Waals surface area contributed by atoms with E-state index in [4.69, 9.17) is 4.74 Å². The molecule has 0 radical (unpaired) electrons. The van der Waals surface area contributed by atoms with Crippen LogP contribution < -0.4 is 10.6 Å². The molecule has 0 saturated heterocycles. The first kappa shape index (κ1) is 15.5. The zero-order valence-electron chi connectivity index (χ0n) is 12.3. The Bertz CT molecular complexity index is 593. The summed E-state index contributed by atoms with van der Waals surface area (Å²) in [6, 6.07) is -0.336. The van der Waals surface area contributed by atoms with Crippen LogP contribution in [0.15, 0.2) is 17.8 Å². The molecule has 2 aromatic heterocycles. The fraction of sp³-hybridized carbons (Fsp3) is 0.462. The van der Waals surface area contributed by atoms with Crippen LogP contribution in [0.5, 0.6) is 0 Å². The van der Waals surface area contributed by atoms with Crippen LogP contribution in [-0.4, -0.2) is 27.9 Å². The Morgan fingerprint density at radius 1 is 1.48 bits per heavy atom. The Balaban J connectivity index is 1.87. The summed E-state index contributed by atoms with van der Waals surface area (Å²) in [5, 5.41) is 12.0. The molecule has 2 aromatic rings. The molecule has 114 valence electrons. The lowest BCUT2D eigenvalue weighted by Gasteiger charge is -2.04. The number of urea groups is 1. The number of carbonyl (C=O) groups excluding carboxylic acids is 1. The highest BCUT2D eigenvalue weighted by molar-refractivity contribution is 7.13. The highest BCUT2D eigenvalue weighted by atomic mass is 32.1. The maximum Gasteiger partial charge on any atom is 0.325 e. The van der Waals surface area contributed by atoms with Gasteiger partial charge in [0.25, 0.3) is 0 Å². The Hall–Kier alpha value is -1.93. The van der Waals surface area contributed by atoms with Gasteiger partial charge in [0.2, 0.25) is 0 Å². The number of ether oxygens (including phenoxy) is 1. The molecule has 8 heteroatoms. The first-order valence-corrected chi connectivity index (χ1v) is 7.48. The second-order valence-corrected chi connectivity index (χ2v) is 5.86. The summed E-state index contributed by atoms with van der Waals surface area (Å²) in [5.74, 6) is 0.501. The number of hydrogen-bond donors (Lipinski definition) is 2. The average Bonchev–Trinajstić information content (AvgIpc) is 2.99. The van der Waals surface area contributed by atoms with Gasteiger partial charge in [-0.15, -0.1) is 11.3 Å². The van der Waals surface area contributed by atoms with Gasteiger partial charge in [-0.3, -0.25) is 10.00 Å². The Kier molecular flexibility index (Phi) is 5.29. The van der Waals surface area contributed by atoms with Crippen molar-refractivity contribution in [1.29, 1.82) is 0 Å². The van der Waals surface area contributed by atoms with Crippen LogP contribution in [0.4, 0.5) is 15.6 Å². The number of rotatable bonds is 6. The standard InChI is InChI=1S/C13H19N5O2S/c1-9(2)5-18-6-10(4-14-18)15-12(19)17-13-16-11(7-20-3)8-21-13/h4,6,8-9H,5,7H2,1-3H3,(H2,15,16,17,19). The van der Waals surface area contributed by atoms with Gasteiger partial charge in [-0.1, -0.05) is 13.8 Å². The summed E-state index contributed by atoms with van der Waals surface area (Å²) in [6.45, 7) is 5.47. The van der Waals surface area contributed by atoms with Crippen molar-refractivity contribution in [3.63, 3.8) is 0 Å². The van der Waals surface area contributed by atoms with Crippen LogP contribution in [0.3, 0.4) is 0 Å². The third kappa shape index (κ3) is 4.83. The number of amides is 2. The number of methoxy groups -OCH3 is 1. The lowest BCUT2D eigenvalue weighted by atomic mass is 10.2. The molecule has 0 unspecified atom stereocenters. The van der Waals surface area contributed by atoms with E-state index in [0.29, 0.717) is 23.3 Å². The predicted molar refractivity (Wildman–Crippen MR) is 82.5 cm³/mol. The van der Waals surface area contributed by atoms with E-state index in [1.54, 1.807) is 24.2 Å². The molecule has 2 N–H and O–H groups in total. The maximum absolute atomic E-state index is 11.9. The third-order valence-electron chi connectivity index (χ3n) is 2.51. The minimum atomic E-state index is -0.336. The van der Waals surface area contributed by atoms with Crippen LogP contribution >= 0.6 is 11.3 Å². The summed E-state index contributed by atoms with van der Waals surface area (Å²) in [5.41, 5.74) is 1.45. The normalized spacial score (nSPS) is 10.9. The van der Waals surface area contributed by atoms with Gasteiger partial charge in [0.15, 0.2) is 5.13 Å². The van der Waals surface area contributed by atoms with Gasteiger partial charge in [0.1, 0.15) is 0 Å². The average molecular weight is 309 g/mol. The molecule has 0 saturated carbocycles. The molecular formula is C13H19N5O2S. The summed E-state index contributed by atoms with van der Waals surface area (Å²) in [6.07, 6.45) is 3.43. The smallest absolute Gasteiger partial charge is 0.325 e. The van der Waals surface area contributed by atoms with E-state index in [0.717, 1.165) is 12.2 Å². The van der Waals surface area contributed by atoms with Gasteiger partial charge < -0.3 is 10.1 Å². The fourth-order valence-corrected chi connectivity index (χ4v) is 2.43. The molecule has 0 aromatic carbocycles. The summed E-state index contributed by atoms with van der Waals surface area (Å²) in [7, 11) is 1.61. The Labute approximate surface area is 127 Å². The number of nitrogens with one attached hydrogen (secondary N) is 2. The molecule has 0 spiro atoms. The van der Waals surface area contributed by atoms with Gasteiger partial charge in [-0.2, -0.15) is 5.10 Å². The highest BCUT2D eigenvalue weighted by Gasteiger charge is 2.08. The Morgan fingerprint density at radius 2 is 2.29 bits per heavy atom. The van der Waals surface area contributed by atoms with Gasteiger partial charge in [0, 0.05) is 25.2 Å². The summed E-state index contributed by atoms with van der Waals surface area (Å²) >= 11 is 1.36. The predicted octanol–water partition coefficient (Wildman–Crippen LogP) is 2.79. The van der Waals surface area contributed by atoms with Gasteiger partial charge in [-0.05, 0) is 5.92 Å². The van der Waals surface area contributed by atoms with Crippen LogP contribution in [0.25, 0.3) is 0 Å². The third-order valence-corrected chi connectivity index (χ3v) is 3.31. The monoisotopic (exact) mass is 309 g/mol. The number of aromatic nitrogens is 3. The van der Waals surface area contributed by atoms with E-state index in [2.05, 4.69) is 34.6 Å². The van der Waals surface area contributed by atoms with E-state index in [1.807, 2.05) is 5.38 Å². The topological polar surface area (TPSA) is 81.1 Å². The summed E-state index contributed by atoms with van der Waals surface area (Å²) < 4.78 is 6.79. The number of thiazole rings is 1. The van der Waals surface area contributed by atoms with Crippen LogP contribution in [0, 0.1) is 5.92 Å². The lowest BCUT2D eigenvalue weighted by Crippen LogP contribution is -2.19. The molecular weight excluding hydrogens is 290 g/mol. The van der Waals surface area contributed by atoms with Crippen molar-refractivity contribution in [2.75, 3.05) is 17.7 Å². The number of anilines is 2. The molecule has 2 amide bonds. The maximum atomic E-state index is 11.9. The zero-order chi connectivity index (χ0) is 15.2. The second kappa shape index (κ2) is 7.19. The van der Waals surface area contributed by atoms with Crippen molar-refractivity contribution in [2.45, 2.75) is 27.0 Å². The SMILES string of the molecule is COCc1csc(NC(=O)Nc2cnn(CC(C)C)c2)n1. The summed E-state index contributed by atoms with van der Waals surface area (Å²) in [4.78, 5) is 16.1. The molecule has 7 nitrogen and oxygen atoms in total. The van der Waals surface area contributed by atoms with Crippen molar-refractivity contribution in [2.24, 2.45) is 5.92 Å². The van der Waals surface area contributed by atoms with Gasteiger partial charge in [0.05, 0.1) is 24.2 Å². The van der Waals surface area contributed by atoms with Gasteiger partial charge in [-0.25, -0.2) is 9.78 Å². The number of carbonyl (C=O) groups is 1. The molecule has 0 fully saturated rings. The Morgan fingerprint density at radius 3 is 3.00 bits per heavy atom. The molecule has 2 heterocycles. The van der Waals surface area contributed by atoms with E-state index < -0.39 is 0 Å². The van der Waals surface area contributed by atoms with Crippen LogP contribution in [0.2, 0.25) is 0 Å². The molecule has 0 aliphatic rings. The van der Waals surface area contributed by atoms with Crippen molar-refractivity contribution < 1.29 is 9.53 Å². The van der Waals surface area contributed by atoms with Gasteiger partial charge >= 0.3 is 6.03 Å². The van der Waals surface area contributed by atoms with Crippen molar-refractivity contribution in [1.82, 2.24) is 14.8 Å². The van der Waals surface area contributed by atoms with Crippen molar-refractivity contribution >= 4 is 28.2 Å². The first-order chi connectivity index (χ1) is 10.1. The lowest BCUT2D eigenvalue weighted by molar-refractivity contribution is 0.182. The van der Waals surface area contributed by atoms with E-state index in [-0.39, 0.29) is 6.03 Å². The van der Waals surface area contributed by atoms with Crippen LogP contribution in [-0.2, 0) is 17.9 Å². The largest absolute Gasteiger partial charge is 0.378 e. The number of nitrogens with zero attached hydrogens (tertiary/aromatic N) is 3.